The number of carbonyl (C=O) groups is 1. The average Bonchev–Trinajstić information content (AvgIpc) is 3.22. The van der Waals surface area contributed by atoms with Crippen LogP contribution < -0.4 is 19.7 Å². The smallest absolute Gasteiger partial charge is 0.227 e. The van der Waals surface area contributed by atoms with Gasteiger partial charge in [0.05, 0.1) is 18.6 Å². The molecule has 1 aliphatic rings. The molecule has 2 aromatic carbocycles. The van der Waals surface area contributed by atoms with Gasteiger partial charge >= 0.3 is 0 Å². The van der Waals surface area contributed by atoms with Gasteiger partial charge < -0.3 is 19.7 Å². The predicted molar refractivity (Wildman–Crippen MR) is 122 cm³/mol. The summed E-state index contributed by atoms with van der Waals surface area (Å²) < 4.78 is 12.2. The minimum atomic E-state index is -0.161. The molecule has 1 aliphatic heterocycles. The van der Waals surface area contributed by atoms with Crippen LogP contribution in [0.4, 0.5) is 5.69 Å². The van der Waals surface area contributed by atoms with E-state index in [1.54, 1.807) is 0 Å². The number of likely N-dealkylation sites (N-methyl/N-ethyl adjacent to an activating group) is 1. The summed E-state index contributed by atoms with van der Waals surface area (Å²) >= 11 is 0. The topological polar surface area (TPSA) is 50.8 Å². The zero-order valence-electron chi connectivity index (χ0n) is 18.6. The van der Waals surface area contributed by atoms with Gasteiger partial charge in [-0.25, -0.2) is 0 Å². The number of hydrogen-bond acceptors (Lipinski definition) is 4. The van der Waals surface area contributed by atoms with Gasteiger partial charge in [0.25, 0.3) is 0 Å². The maximum atomic E-state index is 12.0. The van der Waals surface area contributed by atoms with E-state index in [4.69, 9.17) is 9.47 Å². The first-order valence-electron chi connectivity index (χ1n) is 11.1. The van der Waals surface area contributed by atoms with Gasteiger partial charge in [-0.05, 0) is 57.0 Å². The van der Waals surface area contributed by atoms with Crippen LogP contribution >= 0.6 is 0 Å². The fourth-order valence-electron chi connectivity index (χ4n) is 3.63. The lowest BCUT2D eigenvalue weighted by Gasteiger charge is -2.21. The van der Waals surface area contributed by atoms with E-state index in [0.717, 1.165) is 43.0 Å². The van der Waals surface area contributed by atoms with Crippen LogP contribution in [0.25, 0.3) is 0 Å². The first-order chi connectivity index (χ1) is 14.5. The molecule has 0 saturated carbocycles. The summed E-state index contributed by atoms with van der Waals surface area (Å²) in [5.41, 5.74) is 2.17. The van der Waals surface area contributed by atoms with Crippen molar-refractivity contribution in [3.05, 3.63) is 54.1 Å². The highest BCUT2D eigenvalue weighted by molar-refractivity contribution is 5.83. The minimum Gasteiger partial charge on any atom is -0.491 e. The van der Waals surface area contributed by atoms with Gasteiger partial charge in [-0.1, -0.05) is 25.1 Å². The molecule has 3 atom stereocenters. The number of nitrogens with one attached hydrogen (secondary N) is 1. The zero-order valence-corrected chi connectivity index (χ0v) is 18.6. The molecule has 5 nitrogen and oxygen atoms in total. The van der Waals surface area contributed by atoms with Crippen molar-refractivity contribution in [1.29, 1.82) is 0 Å². The Morgan fingerprint density at radius 3 is 2.60 bits per heavy atom. The van der Waals surface area contributed by atoms with Gasteiger partial charge in [-0.2, -0.15) is 0 Å². The number of benzene rings is 2. The molecular formula is C25H34N2O3. The fourth-order valence-corrected chi connectivity index (χ4v) is 3.63. The average molecular weight is 411 g/mol. The van der Waals surface area contributed by atoms with E-state index in [9.17, 15) is 4.79 Å². The number of ether oxygens (including phenoxy) is 2. The van der Waals surface area contributed by atoms with Gasteiger partial charge in [-0.3, -0.25) is 4.79 Å². The van der Waals surface area contributed by atoms with Crippen molar-refractivity contribution < 1.29 is 14.3 Å². The SMILES string of the molecule is CCNC(=O)C(C)c1ccc(OC2CCN(c3cccc(OC(C)CC)c3)C2)cc1. The Kier molecular flexibility index (Phi) is 7.61. The maximum Gasteiger partial charge on any atom is 0.227 e. The molecule has 1 fully saturated rings. The van der Waals surface area contributed by atoms with E-state index in [0.29, 0.717) is 6.54 Å². The van der Waals surface area contributed by atoms with Crippen LogP contribution in [-0.2, 0) is 4.79 Å². The molecular weight excluding hydrogens is 376 g/mol. The second kappa shape index (κ2) is 10.4. The van der Waals surface area contributed by atoms with Crippen molar-refractivity contribution >= 4 is 11.6 Å². The largest absolute Gasteiger partial charge is 0.491 e. The highest BCUT2D eigenvalue weighted by atomic mass is 16.5. The minimum absolute atomic E-state index is 0.0529. The summed E-state index contributed by atoms with van der Waals surface area (Å²) in [6, 6.07) is 16.2. The number of carbonyl (C=O) groups excluding carboxylic acids is 1. The molecule has 1 amide bonds. The highest BCUT2D eigenvalue weighted by Gasteiger charge is 2.25. The number of amides is 1. The summed E-state index contributed by atoms with van der Waals surface area (Å²) in [5.74, 6) is 1.66. The Hall–Kier alpha value is -2.69. The van der Waals surface area contributed by atoms with Gasteiger partial charge in [0.15, 0.2) is 0 Å². The molecule has 0 bridgehead atoms. The van der Waals surface area contributed by atoms with Crippen LogP contribution in [0.5, 0.6) is 11.5 Å². The number of anilines is 1. The molecule has 1 N–H and O–H groups in total. The number of rotatable bonds is 9. The molecule has 3 unspecified atom stereocenters. The molecule has 0 aromatic heterocycles. The standard InChI is InChI=1S/C25H34N2O3/c1-5-18(3)29-23-9-7-8-21(16-23)27-15-14-24(17-27)30-22-12-10-20(11-13-22)19(4)25(28)26-6-2/h7-13,16,18-19,24H,5-6,14-15,17H2,1-4H3,(H,26,28). The Bertz CT molecular complexity index is 821. The third-order valence-corrected chi connectivity index (χ3v) is 5.67. The van der Waals surface area contributed by atoms with Gasteiger partial charge in [0.2, 0.25) is 5.91 Å². The first-order valence-corrected chi connectivity index (χ1v) is 11.1. The number of hydrogen-bond donors (Lipinski definition) is 1. The highest BCUT2D eigenvalue weighted by Crippen LogP contribution is 2.28. The third-order valence-electron chi connectivity index (χ3n) is 5.67. The van der Waals surface area contributed by atoms with Gasteiger partial charge in [0, 0.05) is 31.3 Å². The Morgan fingerprint density at radius 1 is 1.13 bits per heavy atom. The van der Waals surface area contributed by atoms with E-state index in [1.807, 2.05) is 44.2 Å². The van der Waals surface area contributed by atoms with Crippen molar-refractivity contribution in [3.8, 4) is 11.5 Å². The van der Waals surface area contributed by atoms with Crippen LogP contribution in [0, 0.1) is 0 Å². The lowest BCUT2D eigenvalue weighted by molar-refractivity contribution is -0.122. The summed E-state index contributed by atoms with van der Waals surface area (Å²) in [5, 5.41) is 2.87. The lowest BCUT2D eigenvalue weighted by atomic mass is 10.0. The summed E-state index contributed by atoms with van der Waals surface area (Å²) in [6.07, 6.45) is 2.34. The maximum absolute atomic E-state index is 12.0. The van der Waals surface area contributed by atoms with E-state index < -0.39 is 0 Å². The second-order valence-corrected chi connectivity index (χ2v) is 7.99. The molecule has 1 saturated heterocycles. The summed E-state index contributed by atoms with van der Waals surface area (Å²) in [6.45, 7) is 10.5. The monoisotopic (exact) mass is 410 g/mol. The first kappa shape index (κ1) is 22.0. The fraction of sp³-hybridized carbons (Fsp3) is 0.480. The Balaban J connectivity index is 1.56. The molecule has 30 heavy (non-hydrogen) atoms. The van der Waals surface area contributed by atoms with Crippen molar-refractivity contribution in [2.75, 3.05) is 24.5 Å². The molecule has 5 heteroatoms. The summed E-state index contributed by atoms with van der Waals surface area (Å²) in [4.78, 5) is 14.4. The van der Waals surface area contributed by atoms with Crippen molar-refractivity contribution in [2.45, 2.75) is 58.7 Å². The predicted octanol–water partition coefficient (Wildman–Crippen LogP) is 4.76. The molecule has 2 aromatic rings. The van der Waals surface area contributed by atoms with Gasteiger partial charge in [-0.15, -0.1) is 0 Å². The molecule has 0 aliphatic carbocycles. The van der Waals surface area contributed by atoms with Crippen LogP contribution in [0.1, 0.15) is 52.0 Å². The van der Waals surface area contributed by atoms with Crippen molar-refractivity contribution in [1.82, 2.24) is 5.32 Å². The Labute approximate surface area is 180 Å². The van der Waals surface area contributed by atoms with Crippen LogP contribution in [0.3, 0.4) is 0 Å². The molecule has 1 heterocycles. The summed E-state index contributed by atoms with van der Waals surface area (Å²) in [7, 11) is 0. The van der Waals surface area contributed by atoms with Gasteiger partial charge in [0.1, 0.15) is 17.6 Å². The van der Waals surface area contributed by atoms with Crippen LogP contribution in [0.15, 0.2) is 48.5 Å². The zero-order chi connectivity index (χ0) is 21.5. The normalized spacial score (nSPS) is 18.0. The quantitative estimate of drug-likeness (QED) is 0.647. The van der Waals surface area contributed by atoms with Crippen molar-refractivity contribution in [2.24, 2.45) is 0 Å². The van der Waals surface area contributed by atoms with Crippen molar-refractivity contribution in [3.63, 3.8) is 0 Å². The third kappa shape index (κ3) is 5.68. The van der Waals surface area contributed by atoms with E-state index in [2.05, 4.69) is 42.3 Å². The molecule has 0 spiro atoms. The molecule has 3 rings (SSSR count). The van der Waals surface area contributed by atoms with E-state index in [1.165, 1.54) is 5.69 Å². The number of nitrogens with zero attached hydrogens (tertiary/aromatic N) is 1. The van der Waals surface area contributed by atoms with E-state index >= 15 is 0 Å². The lowest BCUT2D eigenvalue weighted by Crippen LogP contribution is -2.27. The van der Waals surface area contributed by atoms with Crippen LogP contribution in [-0.4, -0.2) is 37.7 Å². The molecule has 162 valence electrons. The van der Waals surface area contributed by atoms with Crippen LogP contribution in [0.2, 0.25) is 0 Å². The second-order valence-electron chi connectivity index (χ2n) is 7.99. The molecule has 0 radical (unpaired) electrons. The Morgan fingerprint density at radius 2 is 1.90 bits per heavy atom. The van der Waals surface area contributed by atoms with E-state index in [-0.39, 0.29) is 24.0 Å².